The third kappa shape index (κ3) is 3.41. The molecule has 2 saturated heterocycles. The van der Waals surface area contributed by atoms with E-state index in [1.165, 1.54) is 11.3 Å². The van der Waals surface area contributed by atoms with Gasteiger partial charge in [0.05, 0.1) is 13.1 Å². The molecule has 7 nitrogen and oxygen atoms in total. The molecule has 1 saturated carbocycles. The molecule has 0 aromatic rings. The lowest BCUT2D eigenvalue weighted by Crippen LogP contribution is -3.15. The van der Waals surface area contributed by atoms with Crippen molar-refractivity contribution in [3.05, 3.63) is 0 Å². The van der Waals surface area contributed by atoms with E-state index < -0.39 is 11.6 Å². The van der Waals surface area contributed by atoms with Crippen LogP contribution < -0.4 is 15.6 Å². The molecule has 0 aromatic carbocycles. The Balaban J connectivity index is 1.58. The fourth-order valence-electron chi connectivity index (χ4n) is 4.67. The normalized spacial score (nSPS) is 32.8. The zero-order valence-corrected chi connectivity index (χ0v) is 14.7. The number of likely N-dealkylation sites (tertiary alicyclic amines) is 1. The minimum atomic E-state index is -0.788. The highest BCUT2D eigenvalue weighted by Gasteiger charge is 2.52. The first-order valence-corrected chi connectivity index (χ1v) is 9.19. The van der Waals surface area contributed by atoms with Crippen LogP contribution in [-0.4, -0.2) is 48.0 Å². The second kappa shape index (κ2) is 6.70. The van der Waals surface area contributed by atoms with Crippen molar-refractivity contribution < 1.29 is 19.3 Å². The fraction of sp³-hybridized carbons (Fsp3) is 0.824. The molecule has 1 aliphatic carbocycles. The van der Waals surface area contributed by atoms with Crippen LogP contribution in [0.5, 0.6) is 0 Å². The minimum absolute atomic E-state index is 0.261. The zero-order chi connectivity index (χ0) is 17.3. The molecule has 24 heavy (non-hydrogen) atoms. The van der Waals surface area contributed by atoms with Gasteiger partial charge in [-0.3, -0.25) is 15.0 Å². The predicted molar refractivity (Wildman–Crippen MR) is 87.8 cm³/mol. The van der Waals surface area contributed by atoms with E-state index in [1.807, 2.05) is 0 Å². The highest BCUT2D eigenvalue weighted by Crippen LogP contribution is 2.32. The number of hydrogen-bond acceptors (Lipinski definition) is 3. The molecule has 7 heteroatoms. The van der Waals surface area contributed by atoms with Crippen LogP contribution in [0.2, 0.25) is 0 Å². The lowest BCUT2D eigenvalue weighted by atomic mass is 9.82. The summed E-state index contributed by atoms with van der Waals surface area (Å²) in [5, 5.41) is 3.71. The van der Waals surface area contributed by atoms with Gasteiger partial charge < -0.3 is 10.2 Å². The summed E-state index contributed by atoms with van der Waals surface area (Å²) in [5.74, 6) is 0.635. The number of nitrogens with one attached hydrogen (secondary N) is 3. The number of carbonyl (C=O) groups excluding carboxylic acids is 3. The van der Waals surface area contributed by atoms with Crippen molar-refractivity contribution in [2.24, 2.45) is 11.8 Å². The monoisotopic (exact) mass is 337 g/mol. The number of hydrogen-bond donors (Lipinski definition) is 3. The van der Waals surface area contributed by atoms with Gasteiger partial charge in [-0.25, -0.2) is 4.79 Å². The van der Waals surface area contributed by atoms with Gasteiger partial charge in [0.25, 0.3) is 11.8 Å². The first-order chi connectivity index (χ1) is 11.4. The van der Waals surface area contributed by atoms with Crippen molar-refractivity contribution >= 4 is 17.8 Å². The van der Waals surface area contributed by atoms with E-state index in [-0.39, 0.29) is 11.8 Å². The SMILES string of the molecule is C[C@@H]1C[C@H](C)C[NH+](CC(=O)NN2C(=O)NC3(CCCCC3)C2=O)C1. The summed E-state index contributed by atoms with van der Waals surface area (Å²) in [4.78, 5) is 38.4. The van der Waals surface area contributed by atoms with Crippen LogP contribution in [0.1, 0.15) is 52.4 Å². The number of carbonyl (C=O) groups is 3. The van der Waals surface area contributed by atoms with Gasteiger partial charge in [0.15, 0.2) is 6.54 Å². The number of hydrazine groups is 1. The number of rotatable bonds is 3. The summed E-state index contributed by atoms with van der Waals surface area (Å²) in [7, 11) is 0. The van der Waals surface area contributed by atoms with E-state index in [9.17, 15) is 14.4 Å². The smallest absolute Gasteiger partial charge is 0.327 e. The number of amides is 4. The number of piperidine rings is 1. The Morgan fingerprint density at radius 2 is 1.83 bits per heavy atom. The molecule has 3 atom stereocenters. The van der Waals surface area contributed by atoms with Crippen LogP contribution in [0, 0.1) is 11.8 Å². The van der Waals surface area contributed by atoms with Crippen LogP contribution in [0.25, 0.3) is 0 Å². The summed E-state index contributed by atoms with van der Waals surface area (Å²) in [6.07, 6.45) is 5.47. The Kier molecular flexibility index (Phi) is 4.80. The van der Waals surface area contributed by atoms with E-state index >= 15 is 0 Å². The number of quaternary nitrogens is 1. The minimum Gasteiger partial charge on any atom is -0.327 e. The molecule has 3 aliphatic rings. The third-order valence-corrected chi connectivity index (χ3v) is 5.59. The summed E-state index contributed by atoms with van der Waals surface area (Å²) >= 11 is 0. The average molecular weight is 337 g/mol. The van der Waals surface area contributed by atoms with Gasteiger partial charge in [-0.15, -0.1) is 0 Å². The number of nitrogens with zero attached hydrogens (tertiary/aromatic N) is 1. The Bertz CT molecular complexity index is 520. The quantitative estimate of drug-likeness (QED) is 0.626. The Labute approximate surface area is 143 Å². The van der Waals surface area contributed by atoms with E-state index in [1.54, 1.807) is 0 Å². The van der Waals surface area contributed by atoms with Crippen molar-refractivity contribution in [3.8, 4) is 0 Å². The molecule has 2 aliphatic heterocycles. The number of urea groups is 1. The Morgan fingerprint density at radius 3 is 2.46 bits per heavy atom. The Morgan fingerprint density at radius 1 is 1.21 bits per heavy atom. The summed E-state index contributed by atoms with van der Waals surface area (Å²) in [5.41, 5.74) is 1.75. The van der Waals surface area contributed by atoms with Gasteiger partial charge >= 0.3 is 6.03 Å². The van der Waals surface area contributed by atoms with E-state index in [4.69, 9.17) is 0 Å². The van der Waals surface area contributed by atoms with E-state index in [0.717, 1.165) is 37.4 Å². The maximum atomic E-state index is 12.6. The van der Waals surface area contributed by atoms with Gasteiger partial charge in [-0.2, -0.15) is 5.01 Å². The molecule has 2 heterocycles. The average Bonchev–Trinajstić information content (AvgIpc) is 2.71. The topological polar surface area (TPSA) is 82.9 Å². The maximum absolute atomic E-state index is 12.6. The first-order valence-electron chi connectivity index (χ1n) is 9.19. The summed E-state index contributed by atoms with van der Waals surface area (Å²) < 4.78 is 0. The van der Waals surface area contributed by atoms with Crippen molar-refractivity contribution in [2.75, 3.05) is 19.6 Å². The lowest BCUT2D eigenvalue weighted by Gasteiger charge is -2.32. The molecule has 4 amide bonds. The van der Waals surface area contributed by atoms with E-state index in [0.29, 0.717) is 31.2 Å². The van der Waals surface area contributed by atoms with Gasteiger partial charge in [-0.1, -0.05) is 33.1 Å². The highest BCUT2D eigenvalue weighted by atomic mass is 16.2. The van der Waals surface area contributed by atoms with Crippen LogP contribution in [0.4, 0.5) is 4.79 Å². The molecule has 0 bridgehead atoms. The fourth-order valence-corrected chi connectivity index (χ4v) is 4.67. The second-order valence-corrected chi connectivity index (χ2v) is 8.03. The highest BCUT2D eigenvalue weighted by molar-refractivity contribution is 6.08. The third-order valence-electron chi connectivity index (χ3n) is 5.59. The summed E-state index contributed by atoms with van der Waals surface area (Å²) in [6.45, 7) is 6.64. The molecule has 1 spiro atoms. The van der Waals surface area contributed by atoms with Crippen LogP contribution in [-0.2, 0) is 9.59 Å². The van der Waals surface area contributed by atoms with Crippen LogP contribution in [0.15, 0.2) is 0 Å². The Hall–Kier alpha value is -1.63. The molecule has 134 valence electrons. The van der Waals surface area contributed by atoms with Crippen LogP contribution in [0.3, 0.4) is 0 Å². The first kappa shape index (κ1) is 17.2. The summed E-state index contributed by atoms with van der Waals surface area (Å²) in [6, 6.07) is -0.495. The number of imide groups is 1. The van der Waals surface area contributed by atoms with Gasteiger partial charge in [0.1, 0.15) is 5.54 Å². The second-order valence-electron chi connectivity index (χ2n) is 8.03. The molecule has 0 aromatic heterocycles. The largest absolute Gasteiger partial charge is 0.344 e. The van der Waals surface area contributed by atoms with Crippen LogP contribution >= 0.6 is 0 Å². The standard InChI is InChI=1S/C17H28N4O3/c1-12-8-13(2)10-20(9-12)11-14(22)19-21-15(23)17(18-16(21)24)6-4-3-5-7-17/h12-13H,3-11H2,1-2H3,(H,18,24)(H,19,22)/p+1/t12-,13+. The van der Waals surface area contributed by atoms with Crippen molar-refractivity contribution in [3.63, 3.8) is 0 Å². The van der Waals surface area contributed by atoms with E-state index in [2.05, 4.69) is 24.6 Å². The molecule has 1 unspecified atom stereocenters. The lowest BCUT2D eigenvalue weighted by molar-refractivity contribution is -0.904. The van der Waals surface area contributed by atoms with Crippen molar-refractivity contribution in [2.45, 2.75) is 57.9 Å². The van der Waals surface area contributed by atoms with Crippen molar-refractivity contribution in [1.29, 1.82) is 0 Å². The molecule has 0 radical (unpaired) electrons. The molecule has 3 rings (SSSR count). The zero-order valence-electron chi connectivity index (χ0n) is 14.7. The molecule has 3 N–H and O–H groups in total. The van der Waals surface area contributed by atoms with Crippen molar-refractivity contribution in [1.82, 2.24) is 15.8 Å². The molecular weight excluding hydrogens is 308 g/mol. The van der Waals surface area contributed by atoms with Gasteiger partial charge in [-0.05, 0) is 19.3 Å². The molecule has 3 fully saturated rings. The maximum Gasteiger partial charge on any atom is 0.344 e. The van der Waals surface area contributed by atoms with Gasteiger partial charge in [0, 0.05) is 11.8 Å². The van der Waals surface area contributed by atoms with Gasteiger partial charge in [0.2, 0.25) is 0 Å². The molecular formula is C17H29N4O3+. The predicted octanol–water partition coefficient (Wildman–Crippen LogP) is -0.167.